The molecule has 2 aliphatic heterocycles. The number of halogens is 1. The summed E-state index contributed by atoms with van der Waals surface area (Å²) in [5, 5.41) is 6.64. The Morgan fingerprint density at radius 2 is 2.05 bits per heavy atom. The molecule has 0 aromatic carbocycles. The number of anilines is 1. The second kappa shape index (κ2) is 8.41. The predicted molar refractivity (Wildman–Crippen MR) is 97.5 cm³/mol. The van der Waals surface area contributed by atoms with Crippen molar-refractivity contribution in [1.82, 2.24) is 15.6 Å². The van der Waals surface area contributed by atoms with Gasteiger partial charge in [-0.05, 0) is 43.4 Å². The van der Waals surface area contributed by atoms with E-state index in [0.29, 0.717) is 0 Å². The van der Waals surface area contributed by atoms with Crippen LogP contribution in [0.5, 0.6) is 0 Å². The maximum atomic E-state index is 4.51. The first-order valence-electron chi connectivity index (χ1n) is 7.64. The summed E-state index contributed by atoms with van der Waals surface area (Å²) in [7, 11) is 0. The van der Waals surface area contributed by atoms with Crippen LogP contribution in [0.2, 0.25) is 0 Å². The third-order valence-corrected chi connectivity index (χ3v) is 3.85. The molecule has 1 aromatic heterocycles. The van der Waals surface area contributed by atoms with Crippen molar-refractivity contribution in [2.24, 2.45) is 4.99 Å². The molecule has 2 aliphatic rings. The standard InChI is InChI=1S/C15H23N5.HI/c1-2-9-20(10-3-1)14-11-13(5-8-16-14)12-19-15-17-6-4-7-18-15;/h5,8,11H,1-4,6-7,9-10,12H2,(H2,17,18,19);1H. The highest BCUT2D eigenvalue weighted by Gasteiger charge is 2.12. The summed E-state index contributed by atoms with van der Waals surface area (Å²) in [6.07, 6.45) is 6.95. The van der Waals surface area contributed by atoms with Crippen LogP contribution in [0.1, 0.15) is 31.2 Å². The molecule has 0 spiro atoms. The number of hydrogen-bond donors (Lipinski definition) is 2. The molecule has 0 bridgehead atoms. The second-order valence-electron chi connectivity index (χ2n) is 5.43. The topological polar surface area (TPSA) is 52.6 Å². The van der Waals surface area contributed by atoms with Crippen LogP contribution in [0.25, 0.3) is 0 Å². The van der Waals surface area contributed by atoms with E-state index in [-0.39, 0.29) is 24.0 Å². The molecule has 2 N–H and O–H groups in total. The summed E-state index contributed by atoms with van der Waals surface area (Å²) in [5.74, 6) is 2.04. The molecule has 5 nitrogen and oxygen atoms in total. The van der Waals surface area contributed by atoms with E-state index >= 15 is 0 Å². The number of hydrogen-bond acceptors (Lipinski definition) is 5. The molecule has 1 aromatic rings. The van der Waals surface area contributed by atoms with E-state index in [1.807, 2.05) is 6.20 Å². The van der Waals surface area contributed by atoms with Crippen molar-refractivity contribution in [3.05, 3.63) is 23.9 Å². The Morgan fingerprint density at radius 1 is 1.19 bits per heavy atom. The third kappa shape index (κ3) is 4.72. The first kappa shape index (κ1) is 16.3. The number of aromatic nitrogens is 1. The van der Waals surface area contributed by atoms with Crippen molar-refractivity contribution >= 4 is 35.8 Å². The number of rotatable bonds is 3. The van der Waals surface area contributed by atoms with E-state index in [2.05, 4.69) is 37.6 Å². The second-order valence-corrected chi connectivity index (χ2v) is 5.43. The zero-order valence-corrected chi connectivity index (χ0v) is 14.7. The van der Waals surface area contributed by atoms with Gasteiger partial charge < -0.3 is 15.5 Å². The van der Waals surface area contributed by atoms with Crippen molar-refractivity contribution in [1.29, 1.82) is 0 Å². The lowest BCUT2D eigenvalue weighted by atomic mass is 10.1. The van der Waals surface area contributed by atoms with Gasteiger partial charge in [0.25, 0.3) is 0 Å². The molecule has 0 saturated carbocycles. The van der Waals surface area contributed by atoms with Crippen molar-refractivity contribution < 1.29 is 0 Å². The molecular weight excluding hydrogens is 377 g/mol. The van der Waals surface area contributed by atoms with Gasteiger partial charge in [-0.2, -0.15) is 0 Å². The molecular formula is C15H24IN5. The minimum Gasteiger partial charge on any atom is -0.357 e. The minimum atomic E-state index is 0. The maximum absolute atomic E-state index is 4.51. The van der Waals surface area contributed by atoms with Gasteiger partial charge in [0.2, 0.25) is 0 Å². The highest BCUT2D eigenvalue weighted by atomic mass is 127. The summed E-state index contributed by atoms with van der Waals surface area (Å²) in [5.41, 5.74) is 1.26. The highest BCUT2D eigenvalue weighted by molar-refractivity contribution is 14.0. The monoisotopic (exact) mass is 401 g/mol. The van der Waals surface area contributed by atoms with Gasteiger partial charge >= 0.3 is 0 Å². The predicted octanol–water partition coefficient (Wildman–Crippen LogP) is 2.13. The molecule has 0 radical (unpaired) electrons. The fourth-order valence-corrected chi connectivity index (χ4v) is 2.70. The smallest absolute Gasteiger partial charge is 0.191 e. The summed E-state index contributed by atoms with van der Waals surface area (Å²) < 4.78 is 0. The van der Waals surface area contributed by atoms with E-state index in [1.165, 1.54) is 24.8 Å². The number of pyridine rings is 1. The Bertz CT molecular complexity index is 471. The fraction of sp³-hybridized carbons (Fsp3) is 0.600. The molecule has 1 fully saturated rings. The normalized spacial score (nSPS) is 18.3. The number of nitrogens with zero attached hydrogens (tertiary/aromatic N) is 3. The molecule has 0 atom stereocenters. The molecule has 0 unspecified atom stereocenters. The summed E-state index contributed by atoms with van der Waals surface area (Å²) in [4.78, 5) is 11.3. The van der Waals surface area contributed by atoms with Gasteiger partial charge in [0.1, 0.15) is 5.82 Å². The van der Waals surface area contributed by atoms with E-state index in [0.717, 1.165) is 50.9 Å². The van der Waals surface area contributed by atoms with Gasteiger partial charge in [0.05, 0.1) is 0 Å². The van der Waals surface area contributed by atoms with Crippen LogP contribution in [0.3, 0.4) is 0 Å². The van der Waals surface area contributed by atoms with E-state index in [9.17, 15) is 0 Å². The molecule has 0 amide bonds. The maximum Gasteiger partial charge on any atom is 0.191 e. The minimum absolute atomic E-state index is 0. The zero-order chi connectivity index (χ0) is 13.6. The Morgan fingerprint density at radius 3 is 2.81 bits per heavy atom. The van der Waals surface area contributed by atoms with Gasteiger partial charge in [0, 0.05) is 38.9 Å². The van der Waals surface area contributed by atoms with Crippen LogP contribution >= 0.6 is 24.0 Å². The number of piperidine rings is 1. The SMILES string of the molecule is I.c1cc(CNC2=NCCCN2)cc(N2CCCCC2)n1. The van der Waals surface area contributed by atoms with Gasteiger partial charge in [0.15, 0.2) is 5.96 Å². The largest absolute Gasteiger partial charge is 0.357 e. The summed E-state index contributed by atoms with van der Waals surface area (Å²) >= 11 is 0. The molecule has 1 saturated heterocycles. The summed E-state index contributed by atoms with van der Waals surface area (Å²) in [6.45, 7) is 5.01. The van der Waals surface area contributed by atoms with Crippen LogP contribution in [0.4, 0.5) is 5.82 Å². The highest BCUT2D eigenvalue weighted by Crippen LogP contribution is 2.18. The Hall–Kier alpha value is -1.05. The molecule has 21 heavy (non-hydrogen) atoms. The Kier molecular flexibility index (Phi) is 6.53. The molecule has 116 valence electrons. The first-order valence-corrected chi connectivity index (χ1v) is 7.64. The lowest BCUT2D eigenvalue weighted by Gasteiger charge is -2.28. The molecule has 0 aliphatic carbocycles. The van der Waals surface area contributed by atoms with Gasteiger partial charge in [-0.1, -0.05) is 0 Å². The van der Waals surface area contributed by atoms with Crippen molar-refractivity contribution in [3.63, 3.8) is 0 Å². The molecule has 3 heterocycles. The number of guanidine groups is 1. The van der Waals surface area contributed by atoms with Crippen LogP contribution in [0, 0.1) is 0 Å². The average molecular weight is 401 g/mol. The van der Waals surface area contributed by atoms with Crippen LogP contribution < -0.4 is 15.5 Å². The Labute approximate surface area is 143 Å². The van der Waals surface area contributed by atoms with Crippen molar-refractivity contribution in [2.45, 2.75) is 32.2 Å². The number of nitrogens with one attached hydrogen (secondary N) is 2. The van der Waals surface area contributed by atoms with Crippen LogP contribution in [-0.2, 0) is 6.54 Å². The summed E-state index contributed by atoms with van der Waals surface area (Å²) in [6, 6.07) is 4.27. The number of aliphatic imine (C=N–C) groups is 1. The van der Waals surface area contributed by atoms with Crippen LogP contribution in [-0.4, -0.2) is 37.1 Å². The molecule has 6 heteroatoms. The lowest BCUT2D eigenvalue weighted by Crippen LogP contribution is -2.40. The van der Waals surface area contributed by atoms with Crippen molar-refractivity contribution in [3.8, 4) is 0 Å². The van der Waals surface area contributed by atoms with Gasteiger partial charge in [-0.15, -0.1) is 24.0 Å². The van der Waals surface area contributed by atoms with E-state index in [4.69, 9.17) is 0 Å². The lowest BCUT2D eigenvalue weighted by molar-refractivity contribution is 0.573. The fourth-order valence-electron chi connectivity index (χ4n) is 2.70. The van der Waals surface area contributed by atoms with Gasteiger partial charge in [-0.3, -0.25) is 4.99 Å². The van der Waals surface area contributed by atoms with E-state index < -0.39 is 0 Å². The first-order chi connectivity index (χ1) is 9.92. The van der Waals surface area contributed by atoms with E-state index in [1.54, 1.807) is 0 Å². The van der Waals surface area contributed by atoms with Gasteiger partial charge in [-0.25, -0.2) is 4.98 Å². The quantitative estimate of drug-likeness (QED) is 0.763. The van der Waals surface area contributed by atoms with Crippen LogP contribution in [0.15, 0.2) is 23.3 Å². The average Bonchev–Trinajstić information content (AvgIpc) is 2.55. The Balaban J connectivity index is 0.00000161. The van der Waals surface area contributed by atoms with Crippen molar-refractivity contribution in [2.75, 3.05) is 31.1 Å². The molecule has 3 rings (SSSR count). The third-order valence-electron chi connectivity index (χ3n) is 3.85. The zero-order valence-electron chi connectivity index (χ0n) is 12.3.